The van der Waals surface area contributed by atoms with Gasteiger partial charge in [0.25, 0.3) is 0 Å². The normalized spacial score (nSPS) is 20.0. The number of halogens is 1. The van der Waals surface area contributed by atoms with Crippen molar-refractivity contribution in [2.75, 3.05) is 0 Å². The molecule has 4 nitrogen and oxygen atoms in total. The first-order valence-electron chi connectivity index (χ1n) is 5.04. The molecule has 1 aliphatic rings. The summed E-state index contributed by atoms with van der Waals surface area (Å²) in [6.45, 7) is 2.88. The molecule has 0 saturated heterocycles. The third-order valence-electron chi connectivity index (χ3n) is 2.81. The lowest BCUT2D eigenvalue weighted by molar-refractivity contribution is -0.137. The molecule has 1 aromatic rings. The van der Waals surface area contributed by atoms with Crippen molar-refractivity contribution in [1.82, 2.24) is 9.55 Å². The summed E-state index contributed by atoms with van der Waals surface area (Å²) in [6.07, 6.45) is 2.14. The van der Waals surface area contributed by atoms with Crippen LogP contribution in [-0.4, -0.2) is 20.6 Å². The van der Waals surface area contributed by atoms with Gasteiger partial charge < -0.3 is 9.67 Å². The van der Waals surface area contributed by atoms with Crippen LogP contribution in [-0.2, 0) is 11.3 Å². The minimum atomic E-state index is -0.745. The Bertz CT molecular complexity index is 400. The number of carbonyl (C=O) groups is 1. The molecule has 1 aromatic heterocycles. The summed E-state index contributed by atoms with van der Waals surface area (Å²) in [6, 6.07) is 0. The van der Waals surface area contributed by atoms with Crippen LogP contribution in [0.3, 0.4) is 0 Å². The van der Waals surface area contributed by atoms with Gasteiger partial charge in [-0.05, 0) is 35.7 Å². The highest BCUT2D eigenvalue weighted by Gasteiger charge is 2.26. The second-order valence-corrected chi connectivity index (χ2v) is 4.69. The van der Waals surface area contributed by atoms with Gasteiger partial charge in [-0.1, -0.05) is 0 Å². The lowest BCUT2D eigenvalue weighted by atomic mass is 9.96. The van der Waals surface area contributed by atoms with Gasteiger partial charge >= 0.3 is 5.97 Å². The van der Waals surface area contributed by atoms with Crippen molar-refractivity contribution in [3.63, 3.8) is 0 Å². The van der Waals surface area contributed by atoms with E-state index in [0.717, 1.165) is 35.5 Å². The molecule has 2 rings (SSSR count). The number of aliphatic carboxylic acids is 1. The molecule has 2 heterocycles. The highest BCUT2D eigenvalue weighted by atomic mass is 79.9. The van der Waals surface area contributed by atoms with Gasteiger partial charge in [-0.3, -0.25) is 4.79 Å². The Morgan fingerprint density at radius 1 is 1.73 bits per heavy atom. The number of carboxylic acids is 1. The molecule has 0 saturated carbocycles. The monoisotopic (exact) mass is 272 g/mol. The fourth-order valence-electron chi connectivity index (χ4n) is 2.13. The molecular formula is C10H13BrN2O2. The Balaban J connectivity index is 2.34. The predicted molar refractivity (Wildman–Crippen MR) is 58.9 cm³/mol. The van der Waals surface area contributed by atoms with Gasteiger partial charge in [-0.2, -0.15) is 0 Å². The van der Waals surface area contributed by atoms with Gasteiger partial charge in [0.15, 0.2) is 0 Å². The van der Waals surface area contributed by atoms with Gasteiger partial charge in [0.2, 0.25) is 0 Å². The topological polar surface area (TPSA) is 55.1 Å². The van der Waals surface area contributed by atoms with Crippen LogP contribution in [0.5, 0.6) is 0 Å². The van der Waals surface area contributed by atoms with Gasteiger partial charge in [0.1, 0.15) is 10.4 Å². The molecular weight excluding hydrogens is 260 g/mol. The summed E-state index contributed by atoms with van der Waals surface area (Å²) in [5, 5.41) is 8.82. The van der Waals surface area contributed by atoms with Gasteiger partial charge in [0.05, 0.1) is 12.1 Å². The van der Waals surface area contributed by atoms with Crippen LogP contribution in [0.4, 0.5) is 0 Å². The summed E-state index contributed by atoms with van der Waals surface area (Å²) < 4.78 is 3.08. The Morgan fingerprint density at radius 3 is 3.13 bits per heavy atom. The number of rotatable bonds is 2. The Hall–Kier alpha value is -0.840. The average molecular weight is 273 g/mol. The fraction of sp³-hybridized carbons (Fsp3) is 0.600. The number of imidazole rings is 1. The molecule has 0 aromatic carbocycles. The first kappa shape index (κ1) is 10.7. The molecule has 5 heteroatoms. The zero-order valence-electron chi connectivity index (χ0n) is 8.53. The minimum absolute atomic E-state index is 0.0706. The number of carboxylic acid groups (broad SMARTS) is 1. The van der Waals surface area contributed by atoms with Crippen molar-refractivity contribution in [3.8, 4) is 0 Å². The van der Waals surface area contributed by atoms with Gasteiger partial charge in [-0.25, -0.2) is 4.98 Å². The van der Waals surface area contributed by atoms with Crippen LogP contribution in [0, 0.1) is 6.92 Å². The second-order valence-electron chi connectivity index (χ2n) is 3.93. The summed E-state index contributed by atoms with van der Waals surface area (Å²) >= 11 is 3.48. The molecule has 0 aliphatic carbocycles. The van der Waals surface area contributed by atoms with E-state index >= 15 is 0 Å². The second kappa shape index (κ2) is 3.96. The molecule has 1 atom stereocenters. The van der Waals surface area contributed by atoms with E-state index in [1.165, 1.54) is 0 Å². The van der Waals surface area contributed by atoms with E-state index in [4.69, 9.17) is 5.11 Å². The van der Waals surface area contributed by atoms with E-state index in [2.05, 4.69) is 25.5 Å². The van der Waals surface area contributed by atoms with Gasteiger partial charge in [0, 0.05) is 12.5 Å². The van der Waals surface area contributed by atoms with E-state index in [0.29, 0.717) is 0 Å². The predicted octanol–water partition coefficient (Wildman–Crippen LogP) is 2.31. The summed E-state index contributed by atoms with van der Waals surface area (Å²) in [7, 11) is 0. The average Bonchev–Trinajstić information content (AvgIpc) is 2.45. The van der Waals surface area contributed by atoms with Crippen molar-refractivity contribution < 1.29 is 9.90 Å². The third kappa shape index (κ3) is 1.93. The third-order valence-corrected chi connectivity index (χ3v) is 3.82. The summed E-state index contributed by atoms with van der Waals surface area (Å²) in [5.41, 5.74) is 0.947. The van der Waals surface area contributed by atoms with Crippen LogP contribution < -0.4 is 0 Å². The number of hydrogen-bond donors (Lipinski definition) is 1. The molecule has 1 aliphatic heterocycles. The van der Waals surface area contributed by atoms with E-state index in [-0.39, 0.29) is 12.3 Å². The quantitative estimate of drug-likeness (QED) is 0.899. The lowest BCUT2D eigenvalue weighted by Gasteiger charge is -2.22. The number of hydrogen-bond acceptors (Lipinski definition) is 2. The summed E-state index contributed by atoms with van der Waals surface area (Å²) in [5.74, 6) is 0.250. The van der Waals surface area contributed by atoms with Crippen molar-refractivity contribution >= 4 is 21.9 Å². The lowest BCUT2D eigenvalue weighted by Crippen LogP contribution is -2.18. The highest BCUT2D eigenvalue weighted by Crippen LogP contribution is 2.33. The Labute approximate surface area is 96.4 Å². The van der Waals surface area contributed by atoms with Crippen LogP contribution in [0.25, 0.3) is 0 Å². The molecule has 0 spiro atoms. The van der Waals surface area contributed by atoms with Crippen LogP contribution in [0.1, 0.15) is 36.7 Å². The van der Waals surface area contributed by atoms with Crippen molar-refractivity contribution in [1.29, 1.82) is 0 Å². The standard InChI is InChI=1S/C10H13BrN2O2/c1-6-9(11)13-4-2-3-7(5-8(14)15)10(13)12-6/h7H,2-5H2,1H3,(H,14,15). The van der Waals surface area contributed by atoms with Crippen LogP contribution >= 0.6 is 15.9 Å². The molecule has 0 fully saturated rings. The first-order valence-corrected chi connectivity index (χ1v) is 5.83. The maximum absolute atomic E-state index is 10.7. The first-order chi connectivity index (χ1) is 7.09. The van der Waals surface area contributed by atoms with Crippen molar-refractivity contribution in [2.45, 2.75) is 38.6 Å². The summed E-state index contributed by atoms with van der Waals surface area (Å²) in [4.78, 5) is 15.2. The maximum Gasteiger partial charge on any atom is 0.304 e. The largest absolute Gasteiger partial charge is 0.481 e. The molecule has 0 bridgehead atoms. The van der Waals surface area contributed by atoms with E-state index < -0.39 is 5.97 Å². The molecule has 1 unspecified atom stereocenters. The zero-order valence-corrected chi connectivity index (χ0v) is 10.1. The molecule has 0 amide bonds. The van der Waals surface area contributed by atoms with Crippen molar-refractivity contribution in [2.24, 2.45) is 0 Å². The van der Waals surface area contributed by atoms with Gasteiger partial charge in [-0.15, -0.1) is 0 Å². The Morgan fingerprint density at radius 2 is 2.47 bits per heavy atom. The van der Waals surface area contributed by atoms with E-state index in [9.17, 15) is 4.79 Å². The minimum Gasteiger partial charge on any atom is -0.481 e. The molecule has 1 N–H and O–H groups in total. The number of aromatic nitrogens is 2. The molecule has 15 heavy (non-hydrogen) atoms. The molecule has 0 radical (unpaired) electrons. The van der Waals surface area contributed by atoms with E-state index in [1.54, 1.807) is 0 Å². The van der Waals surface area contributed by atoms with Crippen molar-refractivity contribution in [3.05, 3.63) is 16.1 Å². The highest BCUT2D eigenvalue weighted by molar-refractivity contribution is 9.10. The number of fused-ring (bicyclic) bond motifs is 1. The Kier molecular flexibility index (Phi) is 2.82. The molecule has 82 valence electrons. The van der Waals surface area contributed by atoms with E-state index in [1.807, 2.05) is 6.92 Å². The number of nitrogens with zero attached hydrogens (tertiary/aromatic N) is 2. The zero-order chi connectivity index (χ0) is 11.0. The smallest absolute Gasteiger partial charge is 0.304 e. The maximum atomic E-state index is 10.7. The van der Waals surface area contributed by atoms with Crippen LogP contribution in [0.2, 0.25) is 0 Å². The SMILES string of the molecule is Cc1nc2n(c1Br)CCCC2CC(=O)O. The van der Waals surface area contributed by atoms with Crippen LogP contribution in [0.15, 0.2) is 4.60 Å². The number of aryl methyl sites for hydroxylation is 1. The fourth-order valence-corrected chi connectivity index (χ4v) is 2.58.